The van der Waals surface area contributed by atoms with Crippen LogP contribution < -0.4 is 5.32 Å². The quantitative estimate of drug-likeness (QED) is 0.772. The molecule has 2 amide bonds. The maximum Gasteiger partial charge on any atom is 0.269 e. The number of piperidine rings is 1. The molecule has 1 aromatic heterocycles. The van der Waals surface area contributed by atoms with Crippen LogP contribution in [0.25, 0.3) is 0 Å². The Kier molecular flexibility index (Phi) is 6.58. The highest BCUT2D eigenvalue weighted by Gasteiger charge is 2.40. The first-order valence-electron chi connectivity index (χ1n) is 11.8. The Morgan fingerprint density at radius 3 is 2.38 bits per heavy atom. The van der Waals surface area contributed by atoms with Gasteiger partial charge in [0.05, 0.1) is 5.92 Å². The molecule has 6 heteroatoms. The van der Waals surface area contributed by atoms with E-state index in [1.807, 2.05) is 30.0 Å². The summed E-state index contributed by atoms with van der Waals surface area (Å²) in [7, 11) is 1.61. The lowest BCUT2D eigenvalue weighted by Gasteiger charge is -2.40. The minimum Gasteiger partial charge on any atom is -0.354 e. The summed E-state index contributed by atoms with van der Waals surface area (Å²) in [6.45, 7) is 5.44. The summed E-state index contributed by atoms with van der Waals surface area (Å²) in [6.07, 6.45) is 6.30. The lowest BCUT2D eigenvalue weighted by molar-refractivity contribution is -0.135. The van der Waals surface area contributed by atoms with Crippen molar-refractivity contribution in [3.05, 3.63) is 59.2 Å². The van der Waals surface area contributed by atoms with E-state index < -0.39 is 0 Å². The Balaban J connectivity index is 1.51. The SMILES string of the molecule is CNC(=O)c1cc(C)nc(C2(C)CCN(C(=O)[C@@H](c3ccccc3)C3CCCC3)CC2)n1. The maximum absolute atomic E-state index is 13.7. The summed E-state index contributed by atoms with van der Waals surface area (Å²) in [5.41, 5.74) is 2.09. The molecule has 6 nitrogen and oxygen atoms in total. The number of hydrogen-bond donors (Lipinski definition) is 1. The molecule has 1 saturated heterocycles. The molecule has 32 heavy (non-hydrogen) atoms. The average Bonchev–Trinajstić information content (AvgIpc) is 3.33. The number of carbonyl (C=O) groups excluding carboxylic acids is 2. The van der Waals surface area contributed by atoms with E-state index in [1.165, 1.54) is 12.8 Å². The summed E-state index contributed by atoms with van der Waals surface area (Å²) in [5.74, 6) is 1.17. The predicted octanol–water partition coefficient (Wildman–Crippen LogP) is 4.00. The first kappa shape index (κ1) is 22.4. The monoisotopic (exact) mass is 434 g/mol. The van der Waals surface area contributed by atoms with E-state index in [2.05, 4.69) is 34.3 Å². The molecule has 1 saturated carbocycles. The zero-order valence-corrected chi connectivity index (χ0v) is 19.4. The number of hydrogen-bond acceptors (Lipinski definition) is 4. The van der Waals surface area contributed by atoms with Gasteiger partial charge in [0.2, 0.25) is 5.91 Å². The van der Waals surface area contributed by atoms with Crippen LogP contribution >= 0.6 is 0 Å². The molecule has 0 unspecified atom stereocenters. The number of amides is 2. The van der Waals surface area contributed by atoms with Gasteiger partial charge < -0.3 is 10.2 Å². The molecule has 170 valence electrons. The van der Waals surface area contributed by atoms with E-state index in [1.54, 1.807) is 13.1 Å². The van der Waals surface area contributed by atoms with E-state index in [0.29, 0.717) is 30.5 Å². The van der Waals surface area contributed by atoms with Crippen molar-refractivity contribution in [1.82, 2.24) is 20.2 Å². The van der Waals surface area contributed by atoms with E-state index in [-0.39, 0.29) is 23.1 Å². The van der Waals surface area contributed by atoms with Crippen LogP contribution in [0.2, 0.25) is 0 Å². The molecule has 2 aromatic rings. The van der Waals surface area contributed by atoms with Crippen molar-refractivity contribution < 1.29 is 9.59 Å². The van der Waals surface area contributed by atoms with Gasteiger partial charge in [-0.3, -0.25) is 9.59 Å². The highest BCUT2D eigenvalue weighted by molar-refractivity contribution is 5.92. The van der Waals surface area contributed by atoms with Crippen molar-refractivity contribution in [2.75, 3.05) is 20.1 Å². The fourth-order valence-corrected chi connectivity index (χ4v) is 5.29. The highest BCUT2D eigenvalue weighted by Crippen LogP contribution is 2.40. The van der Waals surface area contributed by atoms with E-state index in [9.17, 15) is 9.59 Å². The smallest absolute Gasteiger partial charge is 0.269 e. The van der Waals surface area contributed by atoms with Gasteiger partial charge >= 0.3 is 0 Å². The number of carbonyl (C=O) groups is 2. The average molecular weight is 435 g/mol. The van der Waals surface area contributed by atoms with E-state index >= 15 is 0 Å². The van der Waals surface area contributed by atoms with Crippen molar-refractivity contribution in [3.8, 4) is 0 Å². The normalized spacial score (nSPS) is 19.5. The number of nitrogens with zero attached hydrogens (tertiary/aromatic N) is 3. The van der Waals surface area contributed by atoms with Gasteiger partial charge in [-0.05, 0) is 50.2 Å². The van der Waals surface area contributed by atoms with E-state index in [0.717, 1.165) is 36.9 Å². The Morgan fingerprint density at radius 2 is 1.75 bits per heavy atom. The van der Waals surface area contributed by atoms with Crippen molar-refractivity contribution >= 4 is 11.8 Å². The van der Waals surface area contributed by atoms with Crippen molar-refractivity contribution in [2.45, 2.75) is 63.7 Å². The molecule has 2 fully saturated rings. The molecule has 0 spiro atoms. The molecule has 2 aliphatic rings. The fourth-order valence-electron chi connectivity index (χ4n) is 5.29. The highest BCUT2D eigenvalue weighted by atomic mass is 16.2. The molecule has 1 aromatic carbocycles. The number of aromatic nitrogens is 2. The van der Waals surface area contributed by atoms with Crippen LogP contribution in [-0.2, 0) is 10.2 Å². The second-order valence-electron chi connectivity index (χ2n) is 9.62. The van der Waals surface area contributed by atoms with Crippen LogP contribution in [0.5, 0.6) is 0 Å². The molecular formula is C26H34N4O2. The zero-order valence-electron chi connectivity index (χ0n) is 19.4. The summed E-state index contributed by atoms with van der Waals surface area (Å²) in [4.78, 5) is 37.1. The largest absolute Gasteiger partial charge is 0.354 e. The van der Waals surface area contributed by atoms with Gasteiger partial charge in [-0.25, -0.2) is 9.97 Å². The lowest BCUT2D eigenvalue weighted by Crippen LogP contribution is -2.47. The molecular weight excluding hydrogens is 400 g/mol. The van der Waals surface area contributed by atoms with Crippen molar-refractivity contribution in [3.63, 3.8) is 0 Å². The first-order valence-corrected chi connectivity index (χ1v) is 11.8. The van der Waals surface area contributed by atoms with Gasteiger partial charge in [-0.15, -0.1) is 0 Å². The fraction of sp³-hybridized carbons (Fsp3) is 0.538. The van der Waals surface area contributed by atoms with Gasteiger partial charge in [0, 0.05) is 31.2 Å². The number of benzene rings is 1. The van der Waals surface area contributed by atoms with Crippen LogP contribution in [0.4, 0.5) is 0 Å². The van der Waals surface area contributed by atoms with Gasteiger partial charge in [0.15, 0.2) is 0 Å². The summed E-state index contributed by atoms with van der Waals surface area (Å²) in [5, 5.41) is 2.65. The van der Waals surface area contributed by atoms with Gasteiger partial charge in [0.1, 0.15) is 11.5 Å². The molecule has 1 aliphatic heterocycles. The van der Waals surface area contributed by atoms with Crippen LogP contribution in [0.3, 0.4) is 0 Å². The second kappa shape index (κ2) is 9.39. The lowest BCUT2D eigenvalue weighted by atomic mass is 9.78. The third-order valence-electron chi connectivity index (χ3n) is 7.33. The summed E-state index contributed by atoms with van der Waals surface area (Å²) in [6, 6.07) is 12.0. The van der Waals surface area contributed by atoms with Gasteiger partial charge in [-0.1, -0.05) is 50.1 Å². The summed E-state index contributed by atoms with van der Waals surface area (Å²) >= 11 is 0. The molecule has 1 atom stereocenters. The molecule has 1 N–H and O–H groups in total. The Hall–Kier alpha value is -2.76. The van der Waals surface area contributed by atoms with Crippen LogP contribution in [0.15, 0.2) is 36.4 Å². The van der Waals surface area contributed by atoms with E-state index in [4.69, 9.17) is 0 Å². The first-order chi connectivity index (χ1) is 15.4. The minimum atomic E-state index is -0.249. The van der Waals surface area contributed by atoms with Gasteiger partial charge in [-0.2, -0.15) is 0 Å². The van der Waals surface area contributed by atoms with Crippen LogP contribution in [0, 0.1) is 12.8 Å². The third kappa shape index (κ3) is 4.54. The standard InChI is InChI=1S/C26H34N4O2/c1-18-17-21(23(31)27-3)29-25(28-18)26(2)13-15-30(16-14-26)24(32)22(20-11-7-8-12-20)19-9-5-4-6-10-19/h4-6,9-10,17,20,22H,7-8,11-16H2,1-3H3,(H,27,31)/t22-/m0/s1. The second-order valence-corrected chi connectivity index (χ2v) is 9.62. The van der Waals surface area contributed by atoms with Crippen molar-refractivity contribution in [1.29, 1.82) is 0 Å². The number of aryl methyl sites for hydroxylation is 1. The molecule has 0 radical (unpaired) electrons. The number of rotatable bonds is 5. The predicted molar refractivity (Wildman–Crippen MR) is 124 cm³/mol. The minimum absolute atomic E-state index is 0.0434. The Labute approximate surface area is 190 Å². The summed E-state index contributed by atoms with van der Waals surface area (Å²) < 4.78 is 0. The zero-order chi connectivity index (χ0) is 22.7. The maximum atomic E-state index is 13.7. The topological polar surface area (TPSA) is 75.2 Å². The number of likely N-dealkylation sites (tertiary alicyclic amines) is 1. The molecule has 1 aliphatic carbocycles. The van der Waals surface area contributed by atoms with Gasteiger partial charge in [0.25, 0.3) is 5.91 Å². The van der Waals surface area contributed by atoms with Crippen LogP contribution in [0.1, 0.15) is 78.9 Å². The number of nitrogens with one attached hydrogen (secondary N) is 1. The molecule has 0 bridgehead atoms. The molecule has 4 rings (SSSR count). The Morgan fingerprint density at radius 1 is 1.09 bits per heavy atom. The van der Waals surface area contributed by atoms with Crippen molar-refractivity contribution in [2.24, 2.45) is 5.92 Å². The Bertz CT molecular complexity index is 961. The molecule has 2 heterocycles. The van der Waals surface area contributed by atoms with Crippen LogP contribution in [-0.4, -0.2) is 46.8 Å². The third-order valence-corrected chi connectivity index (χ3v) is 7.33.